The van der Waals surface area contributed by atoms with E-state index in [1.165, 1.54) is 19.2 Å². The van der Waals surface area contributed by atoms with E-state index in [1.54, 1.807) is 0 Å². The summed E-state index contributed by atoms with van der Waals surface area (Å²) in [5.41, 5.74) is 4.88. The molecule has 20 heavy (non-hydrogen) atoms. The average Bonchev–Trinajstić information content (AvgIpc) is 2.42. The van der Waals surface area contributed by atoms with Crippen LogP contribution in [0.15, 0.2) is 12.1 Å². The molecule has 8 heteroatoms. The van der Waals surface area contributed by atoms with Crippen LogP contribution in [0.3, 0.4) is 0 Å². The lowest BCUT2D eigenvalue weighted by Crippen LogP contribution is -2.12. The molecule has 0 heterocycles. The van der Waals surface area contributed by atoms with Crippen molar-refractivity contribution in [3.63, 3.8) is 0 Å². The Labute approximate surface area is 115 Å². The van der Waals surface area contributed by atoms with E-state index >= 15 is 0 Å². The van der Waals surface area contributed by atoms with Crippen molar-refractivity contribution in [1.82, 2.24) is 0 Å². The van der Waals surface area contributed by atoms with E-state index < -0.39 is 17.4 Å². The Morgan fingerprint density at radius 3 is 2.65 bits per heavy atom. The molecule has 0 radical (unpaired) electrons. The Kier molecular flexibility index (Phi) is 5.73. The van der Waals surface area contributed by atoms with Crippen molar-refractivity contribution in [2.75, 3.05) is 13.7 Å². The van der Waals surface area contributed by atoms with Gasteiger partial charge in [0.1, 0.15) is 0 Å². The molecule has 0 aliphatic carbocycles. The molecule has 1 aromatic carbocycles. The predicted molar refractivity (Wildman–Crippen MR) is 69.5 cm³/mol. The van der Waals surface area contributed by atoms with E-state index in [0.717, 1.165) is 0 Å². The number of nitrogens with two attached hydrogens (primary N) is 1. The number of nitro benzene ring substituents is 1. The highest BCUT2D eigenvalue weighted by Crippen LogP contribution is 2.34. The van der Waals surface area contributed by atoms with Gasteiger partial charge < -0.3 is 20.3 Å². The molecule has 0 aliphatic heterocycles. The normalized spacial score (nSPS) is 10.1. The molecule has 8 nitrogen and oxygen atoms in total. The van der Waals surface area contributed by atoms with Gasteiger partial charge in [0.25, 0.3) is 5.69 Å². The van der Waals surface area contributed by atoms with Crippen LogP contribution in [0, 0.1) is 10.1 Å². The average molecular weight is 284 g/mol. The Balaban J connectivity index is 2.90. The van der Waals surface area contributed by atoms with Crippen molar-refractivity contribution < 1.29 is 24.3 Å². The maximum atomic E-state index is 10.9. The van der Waals surface area contributed by atoms with Crippen molar-refractivity contribution >= 4 is 11.6 Å². The number of carbonyl (C=O) groups excluding carboxylic acids is 1. The van der Waals surface area contributed by atoms with Gasteiger partial charge in [0.15, 0.2) is 11.5 Å². The lowest BCUT2D eigenvalue weighted by atomic mass is 10.1. The molecule has 0 atom stereocenters. The molecule has 110 valence electrons. The van der Waals surface area contributed by atoms with Gasteiger partial charge in [-0.1, -0.05) is 0 Å². The molecule has 0 aromatic heterocycles. The molecule has 3 N–H and O–H groups in total. The Morgan fingerprint density at radius 2 is 2.15 bits per heavy atom. The van der Waals surface area contributed by atoms with Crippen LogP contribution in [-0.4, -0.2) is 29.7 Å². The van der Waals surface area contributed by atoms with Gasteiger partial charge in [-0.3, -0.25) is 14.9 Å². The highest BCUT2D eigenvalue weighted by atomic mass is 16.6. The first kappa shape index (κ1) is 15.7. The van der Waals surface area contributed by atoms with Crippen molar-refractivity contribution in [3.05, 3.63) is 27.8 Å². The van der Waals surface area contributed by atoms with Gasteiger partial charge in [-0.05, 0) is 12.5 Å². The first-order valence-corrected chi connectivity index (χ1v) is 5.86. The van der Waals surface area contributed by atoms with Crippen LogP contribution >= 0.6 is 0 Å². The number of ether oxygens (including phenoxy) is 2. The zero-order chi connectivity index (χ0) is 15.1. The van der Waals surface area contributed by atoms with Gasteiger partial charge in [-0.2, -0.15) is 0 Å². The molecule has 0 spiro atoms. The molecule has 1 aromatic rings. The minimum Gasteiger partial charge on any atom is -0.493 e. The van der Waals surface area contributed by atoms with E-state index in [1.807, 2.05) is 0 Å². The van der Waals surface area contributed by atoms with E-state index in [9.17, 15) is 14.9 Å². The zero-order valence-electron chi connectivity index (χ0n) is 11.0. The number of methoxy groups -OCH3 is 1. The van der Waals surface area contributed by atoms with E-state index in [0.29, 0.717) is 6.42 Å². The minimum atomic E-state index is -0.610. The molecule has 0 fully saturated rings. The van der Waals surface area contributed by atoms with E-state index in [4.69, 9.17) is 20.3 Å². The predicted octanol–water partition coefficient (Wildman–Crippen LogP) is 0.740. The molecular formula is C12H16N2O6. The minimum absolute atomic E-state index is 0.135. The molecule has 0 saturated carbocycles. The zero-order valence-corrected chi connectivity index (χ0v) is 11.0. The monoisotopic (exact) mass is 284 g/mol. The summed E-state index contributed by atoms with van der Waals surface area (Å²) >= 11 is 0. The lowest BCUT2D eigenvalue weighted by molar-refractivity contribution is -0.385. The molecular weight excluding hydrogens is 268 g/mol. The largest absolute Gasteiger partial charge is 0.493 e. The first-order valence-electron chi connectivity index (χ1n) is 5.86. The number of aliphatic hydroxyl groups is 1. The molecule has 0 bridgehead atoms. The smallest absolute Gasteiger partial charge is 0.278 e. The van der Waals surface area contributed by atoms with Crippen molar-refractivity contribution in [1.29, 1.82) is 0 Å². The standard InChI is InChI=1S/C12H16N2O6/c1-19-10-5-8(7-15)9(14(17)18)6-11(10)20-4-2-3-12(13)16/h5-6,15H,2-4,7H2,1H3,(H2,13,16). The second-order valence-corrected chi connectivity index (χ2v) is 3.97. The number of nitro groups is 1. The third-order valence-corrected chi connectivity index (χ3v) is 2.56. The molecule has 0 aliphatic rings. The Morgan fingerprint density at radius 1 is 1.45 bits per heavy atom. The summed E-state index contributed by atoms with van der Waals surface area (Å²) < 4.78 is 10.4. The molecule has 0 unspecified atom stereocenters. The number of nitrogens with zero attached hydrogens (tertiary/aromatic N) is 1. The molecule has 0 saturated heterocycles. The van der Waals surface area contributed by atoms with Crippen LogP contribution in [0.5, 0.6) is 11.5 Å². The van der Waals surface area contributed by atoms with Gasteiger partial charge in [0.2, 0.25) is 5.91 Å². The van der Waals surface area contributed by atoms with Gasteiger partial charge in [0, 0.05) is 6.42 Å². The van der Waals surface area contributed by atoms with Gasteiger partial charge >= 0.3 is 0 Å². The SMILES string of the molecule is COc1cc(CO)c([N+](=O)[O-])cc1OCCCC(N)=O. The summed E-state index contributed by atoms with van der Waals surface area (Å²) in [4.78, 5) is 20.9. The summed E-state index contributed by atoms with van der Waals surface area (Å²) in [5.74, 6) is 0.0155. The van der Waals surface area contributed by atoms with Crippen LogP contribution in [0.4, 0.5) is 5.69 Å². The lowest BCUT2D eigenvalue weighted by Gasteiger charge is -2.11. The second kappa shape index (κ2) is 7.29. The van der Waals surface area contributed by atoms with E-state index in [2.05, 4.69) is 0 Å². The highest BCUT2D eigenvalue weighted by molar-refractivity contribution is 5.73. The summed E-state index contributed by atoms with van der Waals surface area (Å²) in [6.07, 6.45) is 0.563. The quantitative estimate of drug-likeness (QED) is 0.412. The van der Waals surface area contributed by atoms with Crippen molar-refractivity contribution in [3.8, 4) is 11.5 Å². The summed E-state index contributed by atoms with van der Waals surface area (Å²) in [5, 5.41) is 20.0. The number of hydrogen-bond acceptors (Lipinski definition) is 6. The van der Waals surface area contributed by atoms with Gasteiger partial charge in [-0.25, -0.2) is 0 Å². The Bertz CT molecular complexity index is 503. The molecule has 1 rings (SSSR count). The first-order chi connectivity index (χ1) is 9.49. The molecule has 1 amide bonds. The fraction of sp³-hybridized carbons (Fsp3) is 0.417. The third kappa shape index (κ3) is 4.09. The van der Waals surface area contributed by atoms with Crippen LogP contribution in [-0.2, 0) is 11.4 Å². The van der Waals surface area contributed by atoms with Crippen LogP contribution in [0.2, 0.25) is 0 Å². The number of rotatable bonds is 8. The fourth-order valence-electron chi connectivity index (χ4n) is 1.59. The Hall–Kier alpha value is -2.35. The number of aliphatic hydroxyl groups excluding tert-OH is 1. The summed E-state index contributed by atoms with van der Waals surface area (Å²) in [7, 11) is 1.39. The number of primary amides is 1. The van der Waals surface area contributed by atoms with Gasteiger partial charge in [-0.15, -0.1) is 0 Å². The summed E-state index contributed by atoms with van der Waals surface area (Å²) in [6, 6.07) is 2.54. The van der Waals surface area contributed by atoms with E-state index in [-0.39, 0.29) is 35.8 Å². The number of amides is 1. The van der Waals surface area contributed by atoms with Crippen LogP contribution in [0.25, 0.3) is 0 Å². The maximum Gasteiger partial charge on any atom is 0.278 e. The maximum absolute atomic E-state index is 10.9. The second-order valence-electron chi connectivity index (χ2n) is 3.97. The van der Waals surface area contributed by atoms with Crippen LogP contribution < -0.4 is 15.2 Å². The van der Waals surface area contributed by atoms with Crippen LogP contribution in [0.1, 0.15) is 18.4 Å². The summed E-state index contributed by atoms with van der Waals surface area (Å²) in [6.45, 7) is -0.302. The third-order valence-electron chi connectivity index (χ3n) is 2.56. The fourth-order valence-corrected chi connectivity index (χ4v) is 1.59. The number of hydrogen-bond donors (Lipinski definition) is 2. The van der Waals surface area contributed by atoms with Crippen molar-refractivity contribution in [2.24, 2.45) is 5.73 Å². The number of benzene rings is 1. The number of carbonyl (C=O) groups is 1. The highest BCUT2D eigenvalue weighted by Gasteiger charge is 2.19. The van der Waals surface area contributed by atoms with Crippen molar-refractivity contribution in [2.45, 2.75) is 19.4 Å². The van der Waals surface area contributed by atoms with Gasteiger partial charge in [0.05, 0.1) is 36.9 Å². The topological polar surface area (TPSA) is 125 Å².